The topological polar surface area (TPSA) is 96.4 Å². The van der Waals surface area contributed by atoms with E-state index in [1.54, 1.807) is 19.5 Å². The third-order valence-corrected chi connectivity index (χ3v) is 7.55. The summed E-state index contributed by atoms with van der Waals surface area (Å²) >= 11 is 7.05. The van der Waals surface area contributed by atoms with Crippen molar-refractivity contribution in [2.75, 3.05) is 26.9 Å². The van der Waals surface area contributed by atoms with Gasteiger partial charge in [-0.2, -0.15) is 0 Å². The van der Waals surface area contributed by atoms with E-state index < -0.39 is 5.60 Å². The Hall–Kier alpha value is -3.14. The van der Waals surface area contributed by atoms with Crippen molar-refractivity contribution in [2.24, 2.45) is 13.0 Å². The van der Waals surface area contributed by atoms with Gasteiger partial charge in [-0.05, 0) is 26.3 Å². The van der Waals surface area contributed by atoms with Gasteiger partial charge in [0.1, 0.15) is 11.6 Å². The van der Waals surface area contributed by atoms with E-state index in [4.69, 9.17) is 30.8 Å². The van der Waals surface area contributed by atoms with Crippen molar-refractivity contribution in [3.63, 3.8) is 0 Å². The molecule has 2 aliphatic heterocycles. The van der Waals surface area contributed by atoms with E-state index in [9.17, 15) is 5.11 Å². The van der Waals surface area contributed by atoms with Crippen LogP contribution in [0.25, 0.3) is 16.6 Å². The fourth-order valence-electron chi connectivity index (χ4n) is 5.19. The molecule has 1 aromatic carbocycles. The standard InChI is InChI=1S/C25H26ClN5O4/c1-13-27-9-18(30(13)3)25(32)16-5-6-17-20(22(16)31-14(2)28-10-19(25)31)21(26)23(24(29-17)33-4)35-12-15-7-8-34-11-15/h5-6,9-10,15,32H,7-8,11-12H2,1-4H3. The molecule has 4 aromatic rings. The number of methoxy groups -OCH3 is 1. The first-order valence-electron chi connectivity index (χ1n) is 11.5. The summed E-state index contributed by atoms with van der Waals surface area (Å²) in [6.07, 6.45) is 4.34. The summed E-state index contributed by atoms with van der Waals surface area (Å²) in [5, 5.41) is 13.3. The number of pyridine rings is 1. The summed E-state index contributed by atoms with van der Waals surface area (Å²) in [5.74, 6) is 2.50. The van der Waals surface area contributed by atoms with E-state index in [0.717, 1.165) is 30.4 Å². The first-order chi connectivity index (χ1) is 16.9. The van der Waals surface area contributed by atoms with Crippen LogP contribution in [0.5, 0.6) is 11.6 Å². The third kappa shape index (κ3) is 3.05. The zero-order valence-electron chi connectivity index (χ0n) is 20.0. The predicted octanol–water partition coefficient (Wildman–Crippen LogP) is 3.45. The highest BCUT2D eigenvalue weighted by Gasteiger charge is 2.48. The summed E-state index contributed by atoms with van der Waals surface area (Å²) < 4.78 is 21.0. The quantitative estimate of drug-likeness (QED) is 0.453. The molecule has 10 heteroatoms. The second-order valence-electron chi connectivity index (χ2n) is 9.15. The maximum Gasteiger partial charge on any atom is 0.258 e. The molecule has 1 fully saturated rings. The number of hydrogen-bond donors (Lipinski definition) is 1. The van der Waals surface area contributed by atoms with E-state index >= 15 is 0 Å². The Kier molecular flexibility index (Phi) is 5.07. The number of hydrogen-bond acceptors (Lipinski definition) is 7. The molecule has 3 aromatic heterocycles. The Labute approximate surface area is 207 Å². The smallest absolute Gasteiger partial charge is 0.258 e. The van der Waals surface area contributed by atoms with Gasteiger partial charge in [0, 0.05) is 30.5 Å². The number of aryl methyl sites for hydroxylation is 2. The van der Waals surface area contributed by atoms with Crippen molar-refractivity contribution < 1.29 is 19.3 Å². The van der Waals surface area contributed by atoms with Crippen LogP contribution in [0.3, 0.4) is 0 Å². The number of fused-ring (bicyclic) bond motifs is 5. The van der Waals surface area contributed by atoms with Crippen LogP contribution in [0.4, 0.5) is 0 Å². The molecular weight excluding hydrogens is 470 g/mol. The fraction of sp³-hybridized carbons (Fsp3) is 0.400. The Morgan fingerprint density at radius 1 is 1.20 bits per heavy atom. The van der Waals surface area contributed by atoms with Gasteiger partial charge in [0.25, 0.3) is 5.88 Å². The molecule has 35 heavy (non-hydrogen) atoms. The summed E-state index contributed by atoms with van der Waals surface area (Å²) in [7, 11) is 3.44. The van der Waals surface area contributed by atoms with E-state index in [1.165, 1.54) is 0 Å². The van der Waals surface area contributed by atoms with Gasteiger partial charge in [0.15, 0.2) is 5.60 Å². The molecule has 0 bridgehead atoms. The Morgan fingerprint density at radius 3 is 2.66 bits per heavy atom. The fourth-order valence-corrected chi connectivity index (χ4v) is 5.51. The van der Waals surface area contributed by atoms with Crippen LogP contribution in [0.1, 0.15) is 35.0 Å². The Bertz CT molecular complexity index is 1470. The van der Waals surface area contributed by atoms with Gasteiger partial charge in [-0.25, -0.2) is 15.0 Å². The second-order valence-corrected chi connectivity index (χ2v) is 9.52. The maximum absolute atomic E-state index is 12.3. The SMILES string of the molecule is COc1nc2ccc3c(c2c(Cl)c1OCC1CCOC1)-n1c(cnc1C)C3(O)c1cnc(C)n1C. The average Bonchev–Trinajstić information content (AvgIpc) is 3.62. The van der Waals surface area contributed by atoms with Crippen LogP contribution in [0.2, 0.25) is 5.02 Å². The highest BCUT2D eigenvalue weighted by molar-refractivity contribution is 6.38. The van der Waals surface area contributed by atoms with Crippen molar-refractivity contribution in [1.82, 2.24) is 24.1 Å². The number of imidazole rings is 2. The van der Waals surface area contributed by atoms with Gasteiger partial charge < -0.3 is 23.9 Å². The van der Waals surface area contributed by atoms with E-state index in [-0.39, 0.29) is 5.92 Å². The lowest BCUT2D eigenvalue weighted by Gasteiger charge is -2.24. The Balaban J connectivity index is 1.61. The first-order valence-corrected chi connectivity index (χ1v) is 11.9. The predicted molar refractivity (Wildman–Crippen MR) is 130 cm³/mol. The van der Waals surface area contributed by atoms with Crippen LogP contribution in [-0.2, 0) is 17.4 Å². The molecule has 1 N–H and O–H groups in total. The lowest BCUT2D eigenvalue weighted by Crippen LogP contribution is -2.29. The number of aromatic nitrogens is 5. The highest BCUT2D eigenvalue weighted by Crippen LogP contribution is 2.51. The third-order valence-electron chi connectivity index (χ3n) is 7.19. The van der Waals surface area contributed by atoms with Gasteiger partial charge in [0.05, 0.1) is 60.3 Å². The number of halogens is 1. The molecule has 182 valence electrons. The summed E-state index contributed by atoms with van der Waals surface area (Å²) in [4.78, 5) is 13.7. The minimum absolute atomic E-state index is 0.286. The summed E-state index contributed by atoms with van der Waals surface area (Å²) in [6, 6.07) is 3.73. The molecule has 0 amide bonds. The monoisotopic (exact) mass is 495 g/mol. The van der Waals surface area contributed by atoms with Crippen LogP contribution in [0.15, 0.2) is 24.5 Å². The number of benzene rings is 1. The molecule has 2 aliphatic rings. The molecular formula is C25H26ClN5O4. The number of nitrogens with zero attached hydrogens (tertiary/aromatic N) is 5. The molecule has 0 saturated carbocycles. The zero-order chi connectivity index (χ0) is 24.5. The van der Waals surface area contributed by atoms with E-state index in [1.807, 2.05) is 42.2 Å². The van der Waals surface area contributed by atoms with Crippen LogP contribution < -0.4 is 9.47 Å². The molecule has 2 atom stereocenters. The van der Waals surface area contributed by atoms with Crippen LogP contribution >= 0.6 is 11.6 Å². The molecule has 0 spiro atoms. The van der Waals surface area contributed by atoms with Gasteiger partial charge in [-0.3, -0.25) is 4.57 Å². The molecule has 9 nitrogen and oxygen atoms in total. The maximum atomic E-state index is 12.3. The molecule has 5 heterocycles. The summed E-state index contributed by atoms with van der Waals surface area (Å²) in [6.45, 7) is 5.64. The average molecular weight is 496 g/mol. The highest BCUT2D eigenvalue weighted by atomic mass is 35.5. The lowest BCUT2D eigenvalue weighted by atomic mass is 9.88. The van der Waals surface area contributed by atoms with Crippen LogP contribution in [0, 0.1) is 19.8 Å². The molecule has 0 radical (unpaired) electrons. The minimum atomic E-state index is -1.47. The van der Waals surface area contributed by atoms with Crippen molar-refractivity contribution in [1.29, 1.82) is 0 Å². The van der Waals surface area contributed by atoms with Crippen molar-refractivity contribution in [3.05, 3.63) is 58.1 Å². The van der Waals surface area contributed by atoms with Crippen molar-refractivity contribution in [2.45, 2.75) is 25.9 Å². The molecule has 6 rings (SSSR count). The van der Waals surface area contributed by atoms with Crippen molar-refractivity contribution >= 4 is 22.5 Å². The molecule has 1 saturated heterocycles. The second kappa shape index (κ2) is 7.94. The summed E-state index contributed by atoms with van der Waals surface area (Å²) in [5.41, 5.74) is 1.83. The minimum Gasteiger partial charge on any atom is -0.486 e. The molecule has 2 unspecified atom stereocenters. The Morgan fingerprint density at radius 2 is 1.97 bits per heavy atom. The first kappa shape index (κ1) is 22.3. The van der Waals surface area contributed by atoms with Gasteiger partial charge in [-0.15, -0.1) is 0 Å². The number of rotatable bonds is 5. The normalized spacial score (nSPS) is 20.9. The van der Waals surface area contributed by atoms with Crippen molar-refractivity contribution in [3.8, 4) is 17.3 Å². The van der Waals surface area contributed by atoms with Gasteiger partial charge in [0.2, 0.25) is 5.75 Å². The van der Waals surface area contributed by atoms with Gasteiger partial charge in [-0.1, -0.05) is 17.7 Å². The van der Waals surface area contributed by atoms with E-state index in [0.29, 0.717) is 57.7 Å². The lowest BCUT2D eigenvalue weighted by molar-refractivity contribution is 0.118. The van der Waals surface area contributed by atoms with Gasteiger partial charge >= 0.3 is 0 Å². The largest absolute Gasteiger partial charge is 0.486 e. The number of aliphatic hydroxyl groups is 1. The molecule has 0 aliphatic carbocycles. The zero-order valence-corrected chi connectivity index (χ0v) is 20.8. The van der Waals surface area contributed by atoms with Crippen LogP contribution in [-0.4, -0.2) is 56.1 Å². The van der Waals surface area contributed by atoms with E-state index in [2.05, 4.69) is 9.97 Å². The number of ether oxygens (including phenoxy) is 3.